The lowest BCUT2D eigenvalue weighted by atomic mass is 10.1. The molecule has 100 valence electrons. The third-order valence-corrected chi connectivity index (χ3v) is 2.55. The highest BCUT2D eigenvalue weighted by Crippen LogP contribution is 2.31. The average molecular weight is 274 g/mol. The van der Waals surface area contributed by atoms with E-state index in [1.54, 1.807) is 12.1 Å². The maximum atomic E-state index is 11.5. The smallest absolute Gasteiger partial charge is 0.341 e. The quantitative estimate of drug-likeness (QED) is 0.488. The zero-order valence-corrected chi connectivity index (χ0v) is 11.1. The highest BCUT2D eigenvalue weighted by atomic mass is 35.5. The van der Waals surface area contributed by atoms with Crippen LogP contribution in [-0.4, -0.2) is 32.9 Å². The van der Waals surface area contributed by atoms with E-state index in [-0.39, 0.29) is 16.3 Å². The predicted octanol–water partition coefficient (Wildman–Crippen LogP) is 2.12. The molecule has 0 radical (unpaired) electrons. The predicted molar refractivity (Wildman–Crippen MR) is 69.2 cm³/mol. The van der Waals surface area contributed by atoms with Gasteiger partial charge in [0.25, 0.3) is 0 Å². The molecule has 1 rings (SSSR count). The van der Waals surface area contributed by atoms with Gasteiger partial charge in [0.1, 0.15) is 17.9 Å². The normalized spacial score (nSPS) is 10.2. The van der Waals surface area contributed by atoms with Gasteiger partial charge in [0.05, 0.1) is 24.4 Å². The van der Waals surface area contributed by atoms with Crippen LogP contribution in [0, 0.1) is 0 Å². The molecule has 0 saturated heterocycles. The molecule has 0 saturated carbocycles. The van der Waals surface area contributed by atoms with Crippen molar-refractivity contribution in [1.29, 1.82) is 0 Å². The van der Waals surface area contributed by atoms with Gasteiger partial charge in [-0.05, 0) is 19.1 Å². The fraction of sp³-hybridized carbons (Fsp3) is 0.417. The molecule has 1 aromatic carbocycles. The molecule has 18 heavy (non-hydrogen) atoms. The van der Waals surface area contributed by atoms with Crippen LogP contribution in [0.15, 0.2) is 12.1 Å². The number of methoxy groups -OCH3 is 1. The Morgan fingerprint density at radius 3 is 2.72 bits per heavy atom. The minimum absolute atomic E-state index is 0.119. The van der Waals surface area contributed by atoms with Crippen LogP contribution >= 0.6 is 11.6 Å². The number of nitrogens with two attached hydrogens (primary N) is 1. The topological polar surface area (TPSA) is 70.8 Å². The van der Waals surface area contributed by atoms with Crippen molar-refractivity contribution >= 4 is 23.3 Å². The Labute approximate surface area is 111 Å². The minimum Gasteiger partial charge on any atom is -0.489 e. The molecule has 0 aromatic heterocycles. The SMILES string of the molecule is CCOCCOc1ccc(Cl)c(C(=O)OC)c1N. The lowest BCUT2D eigenvalue weighted by Crippen LogP contribution is -2.11. The lowest BCUT2D eigenvalue weighted by molar-refractivity contribution is 0.0601. The third kappa shape index (κ3) is 3.51. The van der Waals surface area contributed by atoms with Gasteiger partial charge in [0, 0.05) is 6.61 Å². The van der Waals surface area contributed by atoms with Crippen LogP contribution in [0.3, 0.4) is 0 Å². The van der Waals surface area contributed by atoms with Crippen LogP contribution in [0.2, 0.25) is 5.02 Å². The molecule has 1 aromatic rings. The Balaban J connectivity index is 2.84. The number of ether oxygens (including phenoxy) is 3. The molecular weight excluding hydrogens is 258 g/mol. The van der Waals surface area contributed by atoms with Crippen LogP contribution in [0.5, 0.6) is 5.75 Å². The van der Waals surface area contributed by atoms with Gasteiger partial charge in [-0.2, -0.15) is 0 Å². The monoisotopic (exact) mass is 273 g/mol. The summed E-state index contributed by atoms with van der Waals surface area (Å²) in [5.41, 5.74) is 6.11. The summed E-state index contributed by atoms with van der Waals surface area (Å²) in [6.45, 7) is 3.31. The molecule has 0 amide bonds. The molecule has 0 aliphatic carbocycles. The van der Waals surface area contributed by atoms with E-state index in [0.717, 1.165) is 0 Å². The van der Waals surface area contributed by atoms with E-state index in [4.69, 9.17) is 26.8 Å². The summed E-state index contributed by atoms with van der Waals surface area (Å²) in [5, 5.41) is 0.233. The summed E-state index contributed by atoms with van der Waals surface area (Å²) >= 11 is 5.90. The molecule has 0 heterocycles. The fourth-order valence-corrected chi connectivity index (χ4v) is 1.61. The maximum absolute atomic E-state index is 11.5. The summed E-state index contributed by atoms with van der Waals surface area (Å²) < 4.78 is 15.2. The average Bonchev–Trinajstić information content (AvgIpc) is 2.36. The molecule has 0 aliphatic rings. The fourth-order valence-electron chi connectivity index (χ4n) is 1.36. The van der Waals surface area contributed by atoms with E-state index in [1.165, 1.54) is 7.11 Å². The van der Waals surface area contributed by atoms with Crippen LogP contribution in [0.25, 0.3) is 0 Å². The van der Waals surface area contributed by atoms with E-state index >= 15 is 0 Å². The lowest BCUT2D eigenvalue weighted by Gasteiger charge is -2.12. The Hall–Kier alpha value is -1.46. The summed E-state index contributed by atoms with van der Waals surface area (Å²) in [4.78, 5) is 11.5. The Morgan fingerprint density at radius 2 is 2.11 bits per heavy atom. The first-order valence-electron chi connectivity index (χ1n) is 5.48. The van der Waals surface area contributed by atoms with Crippen molar-refractivity contribution in [2.75, 3.05) is 32.7 Å². The van der Waals surface area contributed by atoms with Crippen molar-refractivity contribution < 1.29 is 19.0 Å². The molecule has 0 unspecified atom stereocenters. The Bertz CT molecular complexity index is 423. The first-order valence-corrected chi connectivity index (χ1v) is 5.86. The van der Waals surface area contributed by atoms with Crippen molar-refractivity contribution in [1.82, 2.24) is 0 Å². The maximum Gasteiger partial charge on any atom is 0.341 e. The van der Waals surface area contributed by atoms with Crippen molar-refractivity contribution in [3.8, 4) is 5.75 Å². The van der Waals surface area contributed by atoms with Crippen LogP contribution in [-0.2, 0) is 9.47 Å². The molecule has 0 spiro atoms. The number of anilines is 1. The summed E-state index contributed by atoms with van der Waals surface area (Å²) in [5.74, 6) is -0.202. The largest absolute Gasteiger partial charge is 0.489 e. The summed E-state index contributed by atoms with van der Waals surface area (Å²) in [6, 6.07) is 3.15. The van der Waals surface area contributed by atoms with Gasteiger partial charge < -0.3 is 19.9 Å². The van der Waals surface area contributed by atoms with Gasteiger partial charge in [-0.3, -0.25) is 0 Å². The number of hydrogen-bond donors (Lipinski definition) is 1. The second-order valence-electron chi connectivity index (χ2n) is 3.37. The highest BCUT2D eigenvalue weighted by molar-refractivity contribution is 6.34. The number of nitrogen functional groups attached to an aromatic ring is 1. The number of carbonyl (C=O) groups is 1. The molecule has 0 aliphatic heterocycles. The minimum atomic E-state index is -0.590. The molecule has 5 nitrogen and oxygen atoms in total. The van der Waals surface area contributed by atoms with E-state index in [9.17, 15) is 4.79 Å². The van der Waals surface area contributed by atoms with E-state index in [0.29, 0.717) is 25.6 Å². The van der Waals surface area contributed by atoms with Gasteiger partial charge in [-0.25, -0.2) is 4.79 Å². The van der Waals surface area contributed by atoms with Gasteiger partial charge in [0.2, 0.25) is 0 Å². The van der Waals surface area contributed by atoms with E-state index in [2.05, 4.69) is 4.74 Å². The molecule has 0 fully saturated rings. The first kappa shape index (κ1) is 14.6. The van der Waals surface area contributed by atoms with Crippen molar-refractivity contribution in [3.63, 3.8) is 0 Å². The molecule has 0 bridgehead atoms. The highest BCUT2D eigenvalue weighted by Gasteiger charge is 2.18. The van der Waals surface area contributed by atoms with Crippen LogP contribution < -0.4 is 10.5 Å². The van der Waals surface area contributed by atoms with Gasteiger partial charge in [-0.15, -0.1) is 0 Å². The number of esters is 1. The Kier molecular flexibility index (Phi) is 5.74. The van der Waals surface area contributed by atoms with Gasteiger partial charge in [0.15, 0.2) is 0 Å². The number of carbonyl (C=O) groups excluding carboxylic acids is 1. The van der Waals surface area contributed by atoms with Crippen molar-refractivity contribution in [2.45, 2.75) is 6.92 Å². The number of rotatable bonds is 6. The summed E-state index contributed by atoms with van der Waals surface area (Å²) in [7, 11) is 1.26. The van der Waals surface area contributed by atoms with Crippen LogP contribution in [0.4, 0.5) is 5.69 Å². The molecule has 2 N–H and O–H groups in total. The van der Waals surface area contributed by atoms with Crippen molar-refractivity contribution in [3.05, 3.63) is 22.7 Å². The second-order valence-corrected chi connectivity index (χ2v) is 3.78. The first-order chi connectivity index (χ1) is 8.61. The third-order valence-electron chi connectivity index (χ3n) is 2.23. The van der Waals surface area contributed by atoms with Gasteiger partial charge >= 0.3 is 5.97 Å². The molecule has 0 atom stereocenters. The number of hydrogen-bond acceptors (Lipinski definition) is 5. The van der Waals surface area contributed by atoms with Crippen molar-refractivity contribution in [2.24, 2.45) is 0 Å². The molecule has 6 heteroatoms. The van der Waals surface area contributed by atoms with Gasteiger partial charge in [-0.1, -0.05) is 11.6 Å². The second kappa shape index (κ2) is 7.08. The zero-order valence-electron chi connectivity index (χ0n) is 10.4. The Morgan fingerprint density at radius 1 is 1.39 bits per heavy atom. The number of benzene rings is 1. The standard InChI is InChI=1S/C12H16ClNO4/c1-3-17-6-7-18-9-5-4-8(13)10(11(9)14)12(15)16-2/h4-5H,3,6-7,14H2,1-2H3. The van der Waals surface area contributed by atoms with Crippen LogP contribution in [0.1, 0.15) is 17.3 Å². The van der Waals surface area contributed by atoms with E-state index in [1.807, 2.05) is 6.92 Å². The number of halogens is 1. The molecular formula is C12H16ClNO4. The summed E-state index contributed by atoms with van der Waals surface area (Å²) in [6.07, 6.45) is 0. The zero-order chi connectivity index (χ0) is 13.5. The van der Waals surface area contributed by atoms with E-state index < -0.39 is 5.97 Å².